The zero-order chi connectivity index (χ0) is 9.57. The summed E-state index contributed by atoms with van der Waals surface area (Å²) >= 11 is 0. The molecule has 78 valence electrons. The molecule has 2 heteroatoms. The quantitative estimate of drug-likeness (QED) is 0.667. The van der Waals surface area contributed by atoms with Crippen LogP contribution >= 0.6 is 0 Å². The van der Waals surface area contributed by atoms with Gasteiger partial charge in [0.25, 0.3) is 0 Å². The van der Waals surface area contributed by atoms with Gasteiger partial charge in [-0.25, -0.2) is 0 Å². The first-order valence-corrected chi connectivity index (χ1v) is 5.61. The van der Waals surface area contributed by atoms with E-state index in [0.29, 0.717) is 5.41 Å². The lowest BCUT2D eigenvalue weighted by Gasteiger charge is -2.36. The third-order valence-electron chi connectivity index (χ3n) is 3.30. The average Bonchev–Trinajstić information content (AvgIpc) is 2.20. The van der Waals surface area contributed by atoms with E-state index in [0.717, 1.165) is 19.8 Å². The molecular weight excluding hydrogens is 162 g/mol. The predicted octanol–water partition coefficient (Wildman–Crippen LogP) is 2.32. The maximum atomic E-state index is 5.86. The van der Waals surface area contributed by atoms with Crippen molar-refractivity contribution in [2.75, 3.05) is 19.8 Å². The molecule has 0 aromatic rings. The molecular formula is C11H23NO. The molecule has 1 rings (SSSR count). The van der Waals surface area contributed by atoms with E-state index in [2.05, 4.69) is 6.92 Å². The van der Waals surface area contributed by atoms with E-state index in [9.17, 15) is 0 Å². The molecule has 0 bridgehead atoms. The Bertz CT molecular complexity index is 130. The minimum atomic E-state index is 0.424. The summed E-state index contributed by atoms with van der Waals surface area (Å²) in [6.07, 6.45) is 7.65. The molecule has 0 aromatic carbocycles. The van der Waals surface area contributed by atoms with Crippen molar-refractivity contribution in [1.82, 2.24) is 0 Å². The minimum absolute atomic E-state index is 0.424. The van der Waals surface area contributed by atoms with Crippen molar-refractivity contribution < 1.29 is 4.74 Å². The molecule has 2 nitrogen and oxygen atoms in total. The Morgan fingerprint density at radius 3 is 2.46 bits per heavy atom. The fourth-order valence-electron chi connectivity index (χ4n) is 2.11. The van der Waals surface area contributed by atoms with Gasteiger partial charge < -0.3 is 10.5 Å². The van der Waals surface area contributed by atoms with E-state index in [1.165, 1.54) is 38.5 Å². The monoisotopic (exact) mass is 185 g/mol. The summed E-state index contributed by atoms with van der Waals surface area (Å²) in [5, 5.41) is 0. The van der Waals surface area contributed by atoms with E-state index in [1.807, 2.05) is 0 Å². The van der Waals surface area contributed by atoms with Gasteiger partial charge in [0.05, 0.1) is 0 Å². The fraction of sp³-hybridized carbons (Fsp3) is 1.00. The number of rotatable bonds is 5. The van der Waals surface area contributed by atoms with Crippen LogP contribution in [0.15, 0.2) is 0 Å². The van der Waals surface area contributed by atoms with Crippen LogP contribution in [-0.4, -0.2) is 19.8 Å². The second-order valence-corrected chi connectivity index (χ2v) is 4.27. The van der Waals surface area contributed by atoms with Gasteiger partial charge in [-0.2, -0.15) is 0 Å². The van der Waals surface area contributed by atoms with Crippen LogP contribution in [0.1, 0.15) is 45.4 Å². The maximum Gasteiger partial charge on any atom is 0.0471 e. The number of ether oxygens (including phenoxy) is 1. The topological polar surface area (TPSA) is 35.2 Å². The van der Waals surface area contributed by atoms with Crippen LogP contribution < -0.4 is 5.73 Å². The van der Waals surface area contributed by atoms with E-state index < -0.39 is 0 Å². The van der Waals surface area contributed by atoms with E-state index in [-0.39, 0.29) is 0 Å². The Balaban J connectivity index is 2.29. The fourth-order valence-corrected chi connectivity index (χ4v) is 2.11. The van der Waals surface area contributed by atoms with Gasteiger partial charge in [0.15, 0.2) is 0 Å². The molecule has 0 aromatic heterocycles. The number of hydrogen-bond donors (Lipinski definition) is 1. The van der Waals surface area contributed by atoms with Crippen molar-refractivity contribution in [3.8, 4) is 0 Å². The van der Waals surface area contributed by atoms with E-state index in [4.69, 9.17) is 10.5 Å². The highest BCUT2D eigenvalue weighted by Gasteiger charge is 2.30. The first-order valence-electron chi connectivity index (χ1n) is 5.61. The maximum absolute atomic E-state index is 5.86. The second kappa shape index (κ2) is 5.61. The van der Waals surface area contributed by atoms with Crippen molar-refractivity contribution >= 4 is 0 Å². The van der Waals surface area contributed by atoms with Crippen LogP contribution in [0.4, 0.5) is 0 Å². The van der Waals surface area contributed by atoms with Crippen LogP contribution in [0.3, 0.4) is 0 Å². The average molecular weight is 185 g/mol. The first kappa shape index (κ1) is 11.0. The van der Waals surface area contributed by atoms with Gasteiger partial charge in [-0.15, -0.1) is 0 Å². The molecule has 1 aliphatic rings. The summed E-state index contributed by atoms with van der Waals surface area (Å²) in [4.78, 5) is 0. The van der Waals surface area contributed by atoms with Gasteiger partial charge in [-0.3, -0.25) is 0 Å². The highest BCUT2D eigenvalue weighted by molar-refractivity contribution is 4.82. The normalized spacial score (nSPS) is 21.7. The summed E-state index contributed by atoms with van der Waals surface area (Å²) < 4.78 is 5.38. The van der Waals surface area contributed by atoms with Gasteiger partial charge in [0, 0.05) is 13.2 Å². The van der Waals surface area contributed by atoms with E-state index in [1.54, 1.807) is 0 Å². The van der Waals surface area contributed by atoms with Crippen LogP contribution in [0.5, 0.6) is 0 Å². The zero-order valence-electron chi connectivity index (χ0n) is 8.85. The lowest BCUT2D eigenvalue weighted by Crippen LogP contribution is -2.36. The van der Waals surface area contributed by atoms with E-state index >= 15 is 0 Å². The summed E-state index contributed by atoms with van der Waals surface area (Å²) in [6, 6.07) is 0. The Labute approximate surface area is 81.8 Å². The van der Waals surface area contributed by atoms with Crippen molar-refractivity contribution in [2.24, 2.45) is 11.1 Å². The largest absolute Gasteiger partial charge is 0.381 e. The molecule has 0 amide bonds. The van der Waals surface area contributed by atoms with Gasteiger partial charge in [-0.05, 0) is 31.2 Å². The second-order valence-electron chi connectivity index (χ2n) is 4.27. The number of hydrogen-bond acceptors (Lipinski definition) is 2. The molecule has 0 spiro atoms. The molecule has 1 fully saturated rings. The molecule has 0 aliphatic carbocycles. The van der Waals surface area contributed by atoms with Gasteiger partial charge >= 0.3 is 0 Å². The minimum Gasteiger partial charge on any atom is -0.381 e. The van der Waals surface area contributed by atoms with Crippen molar-refractivity contribution in [2.45, 2.75) is 45.4 Å². The Morgan fingerprint density at radius 2 is 1.92 bits per heavy atom. The molecule has 0 saturated carbocycles. The van der Waals surface area contributed by atoms with Crippen LogP contribution in [0, 0.1) is 5.41 Å². The SMILES string of the molecule is CCCCCC1(CN)CCOCC1. The van der Waals surface area contributed by atoms with Gasteiger partial charge in [0.2, 0.25) is 0 Å². The molecule has 0 radical (unpaired) electrons. The van der Waals surface area contributed by atoms with Crippen molar-refractivity contribution in [3.05, 3.63) is 0 Å². The third kappa shape index (κ3) is 3.28. The zero-order valence-corrected chi connectivity index (χ0v) is 8.85. The Kier molecular flexibility index (Phi) is 4.74. The van der Waals surface area contributed by atoms with Crippen LogP contribution in [0.25, 0.3) is 0 Å². The number of unbranched alkanes of at least 4 members (excludes halogenated alkanes) is 2. The summed E-state index contributed by atoms with van der Waals surface area (Å²) in [6.45, 7) is 4.94. The smallest absolute Gasteiger partial charge is 0.0471 e. The standard InChI is InChI=1S/C11H23NO/c1-2-3-4-5-11(10-12)6-8-13-9-7-11/h2-10,12H2,1H3. The Hall–Kier alpha value is -0.0800. The first-order chi connectivity index (χ1) is 6.33. The predicted molar refractivity (Wildman–Crippen MR) is 55.7 cm³/mol. The van der Waals surface area contributed by atoms with Crippen LogP contribution in [0.2, 0.25) is 0 Å². The van der Waals surface area contributed by atoms with Crippen LogP contribution in [-0.2, 0) is 4.74 Å². The molecule has 1 heterocycles. The summed E-state index contributed by atoms with van der Waals surface area (Å²) in [5.74, 6) is 0. The third-order valence-corrected chi connectivity index (χ3v) is 3.30. The molecule has 1 aliphatic heterocycles. The lowest BCUT2D eigenvalue weighted by atomic mass is 9.76. The lowest BCUT2D eigenvalue weighted by molar-refractivity contribution is 0.0135. The van der Waals surface area contributed by atoms with Crippen molar-refractivity contribution in [1.29, 1.82) is 0 Å². The Morgan fingerprint density at radius 1 is 1.23 bits per heavy atom. The van der Waals surface area contributed by atoms with Gasteiger partial charge in [-0.1, -0.05) is 26.2 Å². The number of nitrogens with two attached hydrogens (primary N) is 1. The molecule has 1 saturated heterocycles. The molecule has 2 N–H and O–H groups in total. The summed E-state index contributed by atoms with van der Waals surface area (Å²) in [7, 11) is 0. The highest BCUT2D eigenvalue weighted by atomic mass is 16.5. The highest BCUT2D eigenvalue weighted by Crippen LogP contribution is 2.34. The molecule has 0 unspecified atom stereocenters. The molecule has 0 atom stereocenters. The summed E-state index contributed by atoms with van der Waals surface area (Å²) in [5.41, 5.74) is 6.29. The van der Waals surface area contributed by atoms with Crippen molar-refractivity contribution in [3.63, 3.8) is 0 Å². The molecule has 13 heavy (non-hydrogen) atoms. The van der Waals surface area contributed by atoms with Gasteiger partial charge in [0.1, 0.15) is 0 Å².